The Morgan fingerprint density at radius 1 is 1.08 bits per heavy atom. The van der Waals surface area contributed by atoms with Crippen molar-refractivity contribution in [3.05, 3.63) is 34.3 Å². The number of rotatable bonds is 8. The van der Waals surface area contributed by atoms with Crippen LogP contribution in [0, 0.1) is 0 Å². The fraction of sp³-hybridized carbons (Fsp3) is 0.625. The number of ether oxygens (including phenoxy) is 2. The molecule has 22 heteroatoms. The summed E-state index contributed by atoms with van der Waals surface area (Å²) in [7, 11) is -11.0. The Hall–Kier alpha value is 0.240. The number of aromatic nitrogens is 2. The zero-order valence-corrected chi connectivity index (χ0v) is 25.6. The largest absolute Gasteiger partial charge is 1.00 e. The first-order valence-corrected chi connectivity index (χ1v) is 13.1. The molecule has 0 bridgehead atoms. The molecular formula is C16H22N2Na2O16P2. The smallest absolute Gasteiger partial charge is 0.858 e. The normalized spacial score (nSPS) is 35.3. The van der Waals surface area contributed by atoms with Gasteiger partial charge in [0, 0.05) is 12.0 Å². The van der Waals surface area contributed by atoms with Crippen molar-refractivity contribution in [1.82, 2.24) is 9.55 Å². The second kappa shape index (κ2) is 14.4. The molecule has 7 N–H and O–H groups in total. The molecule has 1 aromatic heterocycles. The van der Waals surface area contributed by atoms with Crippen LogP contribution in [0.4, 0.5) is 0 Å². The van der Waals surface area contributed by atoms with Crippen molar-refractivity contribution in [2.24, 2.45) is 0 Å². The molecule has 3 rings (SSSR count). The average molecular weight is 606 g/mol. The number of hydrogen-bond acceptors (Lipinski definition) is 16. The van der Waals surface area contributed by atoms with Gasteiger partial charge in [0.05, 0.1) is 13.2 Å². The van der Waals surface area contributed by atoms with Crippen LogP contribution in [-0.4, -0.2) is 101 Å². The van der Waals surface area contributed by atoms with Crippen LogP contribution in [0.2, 0.25) is 0 Å². The van der Waals surface area contributed by atoms with Crippen molar-refractivity contribution >= 4 is 15.4 Å². The molecule has 2 fully saturated rings. The fourth-order valence-electron chi connectivity index (χ4n) is 3.34. The van der Waals surface area contributed by atoms with Crippen LogP contribution in [0.1, 0.15) is 6.23 Å². The molecule has 0 radical (unpaired) electrons. The monoisotopic (exact) mass is 606 g/mol. The van der Waals surface area contributed by atoms with Crippen molar-refractivity contribution in [2.75, 3.05) is 13.2 Å². The standard InChI is InChI=1S/C16H24N2O16P2.2Na/c19-3-6-10(21)13(24)12(23)8(32-6)5-35(27,28)34-36(29,30)31-4-7-11(22)14(25)15(33-7)18-2-1-9(20)17-16(18)26;;/h1-2,5-7,10-15,19,21-25H,3-4H2,(H,27,28)(H,29,30)(H,17,20,26);;/q;2*+1/p-2/b8-5-;;/t6-,7-,10-,11-,12+,13+,14-,15-;;/m1../s1. The van der Waals surface area contributed by atoms with Gasteiger partial charge in [0.1, 0.15) is 48.5 Å². The van der Waals surface area contributed by atoms with Gasteiger partial charge in [-0.1, -0.05) is 0 Å². The minimum atomic E-state index is -5.51. The van der Waals surface area contributed by atoms with Gasteiger partial charge in [-0.05, 0) is 11.9 Å². The Bertz CT molecular complexity index is 1140. The summed E-state index contributed by atoms with van der Waals surface area (Å²) in [6, 6.07) is 0.874. The molecule has 204 valence electrons. The third-order valence-electron chi connectivity index (χ3n) is 5.13. The summed E-state index contributed by atoms with van der Waals surface area (Å²) < 4.78 is 43.7. The summed E-state index contributed by atoms with van der Waals surface area (Å²) in [5.74, 6) is -1.74. The summed E-state index contributed by atoms with van der Waals surface area (Å²) >= 11 is 0. The molecule has 2 unspecified atom stereocenters. The van der Waals surface area contributed by atoms with E-state index in [0.29, 0.717) is 4.57 Å². The maximum atomic E-state index is 12.2. The summed E-state index contributed by atoms with van der Waals surface area (Å²) in [6.45, 7) is -1.91. The van der Waals surface area contributed by atoms with Gasteiger partial charge in [0.15, 0.2) is 13.8 Å². The predicted molar refractivity (Wildman–Crippen MR) is 106 cm³/mol. The summed E-state index contributed by atoms with van der Waals surface area (Å²) in [6.07, 6.45) is -13.2. The van der Waals surface area contributed by atoms with E-state index in [0.717, 1.165) is 12.3 Å². The van der Waals surface area contributed by atoms with Gasteiger partial charge in [-0.3, -0.25) is 9.09 Å². The maximum absolute atomic E-state index is 12.2. The molecule has 3 heterocycles. The molecule has 2 saturated heterocycles. The Labute approximate surface area is 257 Å². The second-order valence-electron chi connectivity index (χ2n) is 7.68. The van der Waals surface area contributed by atoms with Crippen molar-refractivity contribution in [2.45, 2.75) is 49.0 Å². The van der Waals surface area contributed by atoms with E-state index < -0.39 is 94.9 Å². The Kier molecular flexibility index (Phi) is 13.8. The van der Waals surface area contributed by atoms with Crippen LogP contribution in [0.5, 0.6) is 5.88 Å². The molecule has 38 heavy (non-hydrogen) atoms. The number of aliphatic hydroxyl groups is 6. The molecule has 10 atom stereocenters. The van der Waals surface area contributed by atoms with Gasteiger partial charge in [0.2, 0.25) is 0 Å². The molecule has 0 saturated carbocycles. The van der Waals surface area contributed by atoms with E-state index >= 15 is 0 Å². The van der Waals surface area contributed by atoms with E-state index in [1.165, 1.54) is 0 Å². The van der Waals surface area contributed by atoms with Crippen molar-refractivity contribution in [3.63, 3.8) is 0 Å². The summed E-state index contributed by atoms with van der Waals surface area (Å²) in [4.78, 5) is 36.9. The third-order valence-corrected chi connectivity index (χ3v) is 7.92. The zero-order valence-electron chi connectivity index (χ0n) is 19.9. The van der Waals surface area contributed by atoms with Crippen LogP contribution < -0.4 is 74.8 Å². The molecule has 0 aliphatic carbocycles. The second-order valence-corrected chi connectivity index (χ2v) is 10.9. The Balaban J connectivity index is 0.00000361. The van der Waals surface area contributed by atoms with E-state index in [1.807, 2.05) is 0 Å². The van der Waals surface area contributed by atoms with E-state index in [1.54, 1.807) is 0 Å². The van der Waals surface area contributed by atoms with E-state index in [2.05, 4.69) is 13.8 Å². The van der Waals surface area contributed by atoms with Gasteiger partial charge >= 0.3 is 72.6 Å². The SMILES string of the molecule is O=c1nc([O-])ccn1[C@@H]1O[C@H](COP(=O)(O)OP(=O)([O-])/C=C2\O[C@H](CO)[C@@H](O)[C@H](O)[C@H]2O)[C@@H](O)[C@H]1O.[Na+].[Na+]. The predicted octanol–water partition coefficient (Wildman–Crippen LogP) is -11.1. The molecule has 0 amide bonds. The number of phosphoric ester groups is 1. The molecule has 0 spiro atoms. The maximum Gasteiger partial charge on any atom is 1.00 e. The average Bonchev–Trinajstić information content (AvgIpc) is 3.06. The van der Waals surface area contributed by atoms with Gasteiger partial charge in [-0.2, -0.15) is 0 Å². The quantitative estimate of drug-likeness (QED) is 0.107. The summed E-state index contributed by atoms with van der Waals surface area (Å²) in [5.41, 5.74) is -1.12. The molecular weight excluding hydrogens is 584 g/mol. The van der Waals surface area contributed by atoms with E-state index in [9.17, 15) is 54.4 Å². The molecule has 2 aliphatic heterocycles. The molecule has 18 nitrogen and oxygen atoms in total. The number of nitrogens with zero attached hydrogens (tertiary/aromatic N) is 2. The van der Waals surface area contributed by atoms with Crippen LogP contribution >= 0.6 is 15.4 Å². The number of hydrogen-bond donors (Lipinski definition) is 7. The van der Waals surface area contributed by atoms with Crippen LogP contribution in [0.25, 0.3) is 0 Å². The first kappa shape index (κ1) is 36.3. The van der Waals surface area contributed by atoms with Crippen molar-refractivity contribution in [1.29, 1.82) is 0 Å². The molecule has 2 aliphatic rings. The first-order chi connectivity index (χ1) is 16.7. The molecule has 0 aromatic carbocycles. The Morgan fingerprint density at radius 3 is 2.26 bits per heavy atom. The number of phosphoric acid groups is 1. The van der Waals surface area contributed by atoms with E-state index in [-0.39, 0.29) is 64.9 Å². The minimum absolute atomic E-state index is 0. The first-order valence-electron chi connectivity index (χ1n) is 9.97. The van der Waals surface area contributed by atoms with Gasteiger partial charge in [0.25, 0.3) is 0 Å². The van der Waals surface area contributed by atoms with Gasteiger partial charge in [-0.15, -0.1) is 0 Å². The van der Waals surface area contributed by atoms with Crippen molar-refractivity contribution < 1.29 is 132 Å². The van der Waals surface area contributed by atoms with Crippen LogP contribution in [0.15, 0.2) is 28.6 Å². The third kappa shape index (κ3) is 8.62. The zero-order chi connectivity index (χ0) is 27.0. The van der Waals surface area contributed by atoms with Gasteiger partial charge in [-0.25, -0.2) is 18.7 Å². The minimum Gasteiger partial charge on any atom is -0.858 e. The Morgan fingerprint density at radius 2 is 1.68 bits per heavy atom. The van der Waals surface area contributed by atoms with E-state index in [4.69, 9.17) is 14.6 Å². The summed E-state index contributed by atoms with van der Waals surface area (Å²) in [5, 5.41) is 69.7. The fourth-order valence-corrected chi connectivity index (χ4v) is 5.73. The number of aliphatic hydroxyl groups excluding tert-OH is 6. The van der Waals surface area contributed by atoms with Crippen molar-refractivity contribution in [3.8, 4) is 5.88 Å². The van der Waals surface area contributed by atoms with Gasteiger partial charge < -0.3 is 59.6 Å². The van der Waals surface area contributed by atoms with Crippen LogP contribution in [0.3, 0.4) is 0 Å². The van der Waals surface area contributed by atoms with Crippen LogP contribution in [-0.2, 0) is 27.4 Å². The topological polar surface area (TPSA) is 294 Å². The molecule has 1 aromatic rings.